The van der Waals surface area contributed by atoms with Crippen LogP contribution in [-0.2, 0) is 22.7 Å². The second-order valence-electron chi connectivity index (χ2n) is 7.57. The lowest BCUT2D eigenvalue weighted by Gasteiger charge is -2.17. The largest absolute Gasteiger partial charge is 0.296 e. The Morgan fingerprint density at radius 2 is 2.10 bits per heavy atom. The van der Waals surface area contributed by atoms with Crippen LogP contribution in [0.1, 0.15) is 47.1 Å². The van der Waals surface area contributed by atoms with Crippen molar-refractivity contribution < 1.29 is 17.6 Å². The van der Waals surface area contributed by atoms with Crippen molar-refractivity contribution in [2.75, 3.05) is 16.8 Å². The van der Waals surface area contributed by atoms with Gasteiger partial charge in [0, 0.05) is 11.3 Å². The maximum absolute atomic E-state index is 13.4. The summed E-state index contributed by atoms with van der Waals surface area (Å²) in [5.41, 5.74) is 2.85. The third kappa shape index (κ3) is 3.44. The average molecular weight is 435 g/mol. The van der Waals surface area contributed by atoms with Crippen molar-refractivity contribution in [1.82, 2.24) is 14.8 Å². The van der Waals surface area contributed by atoms with Gasteiger partial charge in [-0.15, -0.1) is 0 Å². The molecule has 1 aromatic carbocycles. The standard InChI is InChI=1S/C19H19FN4O3S2/c20-11-5-6-14-16(9-11)28-19(21-14)22-18(25)17-13-3-1-2-4-15(13)24(23-17)12-7-8-29(26,27)10-12/h5-6,9,12H,1-4,7-8,10H2,(H,21,22,25). The number of carbonyl (C=O) groups is 1. The molecule has 0 spiro atoms. The number of sulfone groups is 1. The van der Waals surface area contributed by atoms with Crippen LogP contribution in [0.4, 0.5) is 9.52 Å². The van der Waals surface area contributed by atoms with Crippen molar-refractivity contribution in [3.8, 4) is 0 Å². The number of benzene rings is 1. The Balaban J connectivity index is 1.47. The third-order valence-corrected chi connectivity index (χ3v) is 8.23. The normalized spacial score (nSPS) is 20.7. The minimum Gasteiger partial charge on any atom is -0.296 e. The van der Waals surface area contributed by atoms with E-state index < -0.39 is 9.84 Å². The van der Waals surface area contributed by atoms with Crippen LogP contribution in [-0.4, -0.2) is 40.6 Å². The zero-order valence-electron chi connectivity index (χ0n) is 15.5. The zero-order valence-corrected chi connectivity index (χ0v) is 17.2. The van der Waals surface area contributed by atoms with Gasteiger partial charge in [-0.05, 0) is 50.3 Å². The molecule has 152 valence electrons. The van der Waals surface area contributed by atoms with Crippen molar-refractivity contribution in [2.45, 2.75) is 38.1 Å². The Kier molecular flexibility index (Phi) is 4.43. The number of halogens is 1. The molecule has 29 heavy (non-hydrogen) atoms. The number of amides is 1. The first-order chi connectivity index (χ1) is 13.9. The van der Waals surface area contributed by atoms with Gasteiger partial charge in [-0.3, -0.25) is 14.8 Å². The number of rotatable bonds is 3. The molecule has 7 nitrogen and oxygen atoms in total. The highest BCUT2D eigenvalue weighted by Gasteiger charge is 2.34. The van der Waals surface area contributed by atoms with Gasteiger partial charge in [0.25, 0.3) is 5.91 Å². The molecule has 3 heterocycles. The molecule has 3 aromatic rings. The summed E-state index contributed by atoms with van der Waals surface area (Å²) >= 11 is 1.21. The lowest BCUT2D eigenvalue weighted by atomic mass is 9.95. The zero-order chi connectivity index (χ0) is 20.2. The van der Waals surface area contributed by atoms with E-state index in [9.17, 15) is 17.6 Å². The van der Waals surface area contributed by atoms with Crippen LogP contribution in [0.15, 0.2) is 18.2 Å². The number of hydrogen-bond donors (Lipinski definition) is 1. The van der Waals surface area contributed by atoms with Crippen LogP contribution in [0, 0.1) is 5.82 Å². The van der Waals surface area contributed by atoms with Gasteiger partial charge in [-0.2, -0.15) is 5.10 Å². The van der Waals surface area contributed by atoms with Crippen LogP contribution < -0.4 is 5.32 Å². The molecule has 1 saturated heterocycles. The first-order valence-electron chi connectivity index (χ1n) is 9.58. The fraction of sp³-hybridized carbons (Fsp3) is 0.421. The molecule has 1 aliphatic heterocycles. The number of nitrogens with zero attached hydrogens (tertiary/aromatic N) is 3. The maximum atomic E-state index is 13.4. The molecule has 2 aromatic heterocycles. The molecule has 0 bridgehead atoms. The summed E-state index contributed by atoms with van der Waals surface area (Å²) < 4.78 is 39.7. The number of anilines is 1. The average Bonchev–Trinajstić information content (AvgIpc) is 3.35. The predicted octanol–water partition coefficient (Wildman–Crippen LogP) is 3.12. The Bertz CT molecular complexity index is 1230. The van der Waals surface area contributed by atoms with Crippen LogP contribution in [0.2, 0.25) is 0 Å². The molecule has 5 rings (SSSR count). The molecule has 2 aliphatic rings. The molecule has 1 amide bonds. The highest BCUT2D eigenvalue weighted by molar-refractivity contribution is 7.91. The Morgan fingerprint density at radius 3 is 2.90 bits per heavy atom. The van der Waals surface area contributed by atoms with Crippen molar-refractivity contribution in [3.05, 3.63) is 41.0 Å². The van der Waals surface area contributed by atoms with Gasteiger partial charge in [-0.1, -0.05) is 11.3 Å². The summed E-state index contributed by atoms with van der Waals surface area (Å²) in [5.74, 6) is -0.470. The monoisotopic (exact) mass is 434 g/mol. The highest BCUT2D eigenvalue weighted by Crippen LogP contribution is 2.32. The summed E-state index contributed by atoms with van der Waals surface area (Å²) in [6.07, 6.45) is 4.06. The molecule has 10 heteroatoms. The van der Waals surface area contributed by atoms with Gasteiger partial charge in [0.05, 0.1) is 27.8 Å². The topological polar surface area (TPSA) is 93.9 Å². The number of fused-ring (bicyclic) bond motifs is 2. The minimum atomic E-state index is -3.05. The predicted molar refractivity (Wildman–Crippen MR) is 109 cm³/mol. The van der Waals surface area contributed by atoms with Crippen molar-refractivity contribution in [3.63, 3.8) is 0 Å². The van der Waals surface area contributed by atoms with Gasteiger partial charge in [0.2, 0.25) is 0 Å². The smallest absolute Gasteiger partial charge is 0.278 e. The summed E-state index contributed by atoms with van der Waals surface area (Å²) in [6, 6.07) is 4.09. The van der Waals surface area contributed by atoms with E-state index >= 15 is 0 Å². The summed E-state index contributed by atoms with van der Waals surface area (Å²) in [5, 5.41) is 7.74. The van der Waals surface area contributed by atoms with E-state index in [2.05, 4.69) is 15.4 Å². The van der Waals surface area contributed by atoms with E-state index in [1.54, 1.807) is 10.7 Å². The van der Waals surface area contributed by atoms with Crippen molar-refractivity contribution in [2.24, 2.45) is 0 Å². The van der Waals surface area contributed by atoms with E-state index in [0.717, 1.165) is 36.9 Å². The van der Waals surface area contributed by atoms with Crippen LogP contribution in [0.3, 0.4) is 0 Å². The molecular weight excluding hydrogens is 415 g/mol. The highest BCUT2D eigenvalue weighted by atomic mass is 32.2. The summed E-state index contributed by atoms with van der Waals surface area (Å²) in [7, 11) is -3.05. The molecular formula is C19H19FN4O3S2. The quantitative estimate of drug-likeness (QED) is 0.684. The first-order valence-corrected chi connectivity index (χ1v) is 12.2. The molecule has 1 unspecified atom stereocenters. The van der Waals surface area contributed by atoms with Crippen LogP contribution >= 0.6 is 11.3 Å². The van der Waals surface area contributed by atoms with Gasteiger partial charge >= 0.3 is 0 Å². The Labute approximate surface area is 170 Å². The molecule has 1 fully saturated rings. The molecule has 0 saturated carbocycles. The number of aromatic nitrogens is 3. The molecule has 1 aliphatic carbocycles. The summed E-state index contributed by atoms with van der Waals surface area (Å²) in [6.45, 7) is 0. The van der Waals surface area contributed by atoms with E-state index in [4.69, 9.17) is 0 Å². The lowest BCUT2D eigenvalue weighted by molar-refractivity contribution is 0.102. The number of carbonyl (C=O) groups excluding carboxylic acids is 1. The van der Waals surface area contributed by atoms with Crippen molar-refractivity contribution in [1.29, 1.82) is 0 Å². The van der Waals surface area contributed by atoms with Crippen LogP contribution in [0.5, 0.6) is 0 Å². The number of hydrogen-bond acceptors (Lipinski definition) is 6. The van der Waals surface area contributed by atoms with Gasteiger partial charge < -0.3 is 0 Å². The van der Waals surface area contributed by atoms with E-state index in [1.165, 1.54) is 23.5 Å². The third-order valence-electron chi connectivity index (χ3n) is 5.55. The van der Waals surface area contributed by atoms with E-state index in [1.807, 2.05) is 0 Å². The molecule has 1 N–H and O–H groups in total. The Hall–Kier alpha value is -2.33. The fourth-order valence-electron chi connectivity index (χ4n) is 4.19. The second-order valence-corrected chi connectivity index (χ2v) is 10.8. The maximum Gasteiger partial charge on any atom is 0.278 e. The lowest BCUT2D eigenvalue weighted by Crippen LogP contribution is -2.17. The SMILES string of the molecule is O=C(Nc1nc2ccc(F)cc2s1)c1nn(C2CCS(=O)(=O)C2)c2c1CCCC2. The van der Waals surface area contributed by atoms with Crippen LogP contribution in [0.25, 0.3) is 10.2 Å². The minimum absolute atomic E-state index is 0.0750. The van der Waals surface area contributed by atoms with Gasteiger partial charge in [0.15, 0.2) is 20.7 Å². The van der Waals surface area contributed by atoms with E-state index in [0.29, 0.717) is 27.5 Å². The molecule has 0 radical (unpaired) electrons. The van der Waals surface area contributed by atoms with Gasteiger partial charge in [-0.25, -0.2) is 17.8 Å². The van der Waals surface area contributed by atoms with E-state index in [-0.39, 0.29) is 29.3 Å². The number of nitrogens with one attached hydrogen (secondary N) is 1. The first kappa shape index (κ1) is 18.7. The molecule has 1 atom stereocenters. The Morgan fingerprint density at radius 1 is 1.28 bits per heavy atom. The van der Waals surface area contributed by atoms with Crippen molar-refractivity contribution >= 4 is 42.4 Å². The second kappa shape index (κ2) is 6.88. The van der Waals surface area contributed by atoms with Gasteiger partial charge in [0.1, 0.15) is 5.82 Å². The summed E-state index contributed by atoms with van der Waals surface area (Å²) in [4.78, 5) is 17.3. The fourth-order valence-corrected chi connectivity index (χ4v) is 6.76. The number of thiazole rings is 1.